The lowest BCUT2D eigenvalue weighted by atomic mass is 9.95. The van der Waals surface area contributed by atoms with Crippen molar-refractivity contribution in [3.05, 3.63) is 94.4 Å². The fraction of sp³-hybridized carbons (Fsp3) is 0.167. The van der Waals surface area contributed by atoms with Gasteiger partial charge in [0.15, 0.2) is 0 Å². The Balaban J connectivity index is 1.84. The Labute approximate surface area is 184 Å². The Morgan fingerprint density at radius 1 is 1.13 bits per heavy atom. The summed E-state index contributed by atoms with van der Waals surface area (Å²) in [5.41, 5.74) is 1.05. The summed E-state index contributed by atoms with van der Waals surface area (Å²) < 4.78 is 10.9. The Morgan fingerprint density at radius 3 is 2.58 bits per heavy atom. The van der Waals surface area contributed by atoms with Gasteiger partial charge in [-0.2, -0.15) is 0 Å². The van der Waals surface area contributed by atoms with Crippen LogP contribution in [0.2, 0.25) is 5.02 Å². The number of ketones is 1. The fourth-order valence-corrected chi connectivity index (χ4v) is 3.79. The van der Waals surface area contributed by atoms with Gasteiger partial charge in [0.1, 0.15) is 17.3 Å². The number of hydrogen-bond acceptors (Lipinski definition) is 5. The zero-order chi connectivity index (χ0) is 22.0. The second-order valence-corrected chi connectivity index (χ2v) is 7.46. The lowest BCUT2D eigenvalue weighted by molar-refractivity contribution is -0.140. The number of benzene rings is 2. The highest BCUT2D eigenvalue weighted by atomic mass is 35.5. The number of hydrogen-bond donors (Lipinski definition) is 1. The first kappa shape index (κ1) is 20.8. The van der Waals surface area contributed by atoms with Gasteiger partial charge in [0.05, 0.1) is 31.0 Å². The molecule has 1 saturated heterocycles. The summed E-state index contributed by atoms with van der Waals surface area (Å²) in [7, 11) is 0. The van der Waals surface area contributed by atoms with E-state index in [2.05, 4.69) is 0 Å². The SMILES string of the molecule is CCOc1cccc(/C(O)=C2/C(=O)C(=O)N(Cc3ccco3)C2c2ccc(Cl)cc2)c1. The second-order valence-electron chi connectivity index (χ2n) is 7.02. The van der Waals surface area contributed by atoms with E-state index < -0.39 is 17.7 Å². The first-order valence-electron chi connectivity index (χ1n) is 9.79. The van der Waals surface area contributed by atoms with Gasteiger partial charge in [-0.25, -0.2) is 0 Å². The third-order valence-electron chi connectivity index (χ3n) is 5.05. The Bertz CT molecular complexity index is 1140. The highest BCUT2D eigenvalue weighted by molar-refractivity contribution is 6.46. The summed E-state index contributed by atoms with van der Waals surface area (Å²) in [6.45, 7) is 2.40. The van der Waals surface area contributed by atoms with Gasteiger partial charge in [-0.05, 0) is 48.9 Å². The monoisotopic (exact) mass is 437 g/mol. The normalized spacial score (nSPS) is 17.9. The van der Waals surface area contributed by atoms with Crippen molar-refractivity contribution in [2.24, 2.45) is 0 Å². The molecule has 0 bridgehead atoms. The standard InChI is InChI=1S/C24H20ClNO5/c1-2-30-18-6-3-5-16(13-18)22(27)20-21(15-8-10-17(25)11-9-15)26(24(29)23(20)28)14-19-7-4-12-31-19/h3-13,21,27H,2,14H2,1H3/b22-20-. The molecule has 1 aliphatic heterocycles. The van der Waals surface area contributed by atoms with E-state index in [1.807, 2.05) is 6.92 Å². The molecule has 1 N–H and O–H groups in total. The van der Waals surface area contributed by atoms with Gasteiger partial charge in [0, 0.05) is 10.6 Å². The molecule has 158 valence electrons. The minimum absolute atomic E-state index is 0.00697. The summed E-state index contributed by atoms with van der Waals surface area (Å²) in [4.78, 5) is 27.4. The summed E-state index contributed by atoms with van der Waals surface area (Å²) >= 11 is 6.03. The molecule has 1 aliphatic rings. The predicted octanol–water partition coefficient (Wildman–Crippen LogP) is 4.95. The van der Waals surface area contributed by atoms with Crippen LogP contribution in [0.3, 0.4) is 0 Å². The Hall–Kier alpha value is -3.51. The molecular weight excluding hydrogens is 418 g/mol. The summed E-state index contributed by atoms with van der Waals surface area (Å²) in [6.07, 6.45) is 1.50. The molecule has 1 unspecified atom stereocenters. The number of amides is 1. The zero-order valence-electron chi connectivity index (χ0n) is 16.7. The minimum Gasteiger partial charge on any atom is -0.507 e. The molecule has 1 amide bonds. The second kappa shape index (κ2) is 8.70. The molecule has 1 atom stereocenters. The van der Waals surface area contributed by atoms with Crippen LogP contribution in [-0.4, -0.2) is 28.3 Å². The van der Waals surface area contributed by atoms with Gasteiger partial charge < -0.3 is 19.2 Å². The average Bonchev–Trinajstić information content (AvgIpc) is 3.37. The van der Waals surface area contributed by atoms with Gasteiger partial charge in [0.25, 0.3) is 11.7 Å². The van der Waals surface area contributed by atoms with Gasteiger partial charge in [0.2, 0.25) is 0 Å². The molecule has 3 aromatic rings. The number of carbonyl (C=O) groups excluding carboxylic acids is 2. The third-order valence-corrected chi connectivity index (χ3v) is 5.30. The number of likely N-dealkylation sites (tertiary alicyclic amines) is 1. The lowest BCUT2D eigenvalue weighted by Crippen LogP contribution is -2.29. The molecule has 0 saturated carbocycles. The number of nitrogens with zero attached hydrogens (tertiary/aromatic N) is 1. The van der Waals surface area contributed by atoms with Gasteiger partial charge in [-0.15, -0.1) is 0 Å². The molecule has 0 spiro atoms. The molecular formula is C24H20ClNO5. The van der Waals surface area contributed by atoms with Crippen LogP contribution in [0.25, 0.3) is 5.76 Å². The number of halogens is 1. The van der Waals surface area contributed by atoms with Crippen LogP contribution in [0, 0.1) is 0 Å². The van der Waals surface area contributed by atoms with E-state index >= 15 is 0 Å². The molecule has 31 heavy (non-hydrogen) atoms. The van der Waals surface area contributed by atoms with Crippen LogP contribution in [0.15, 0.2) is 76.9 Å². The van der Waals surface area contributed by atoms with E-state index in [9.17, 15) is 14.7 Å². The van der Waals surface area contributed by atoms with Gasteiger partial charge in [-0.3, -0.25) is 9.59 Å². The topological polar surface area (TPSA) is 80.0 Å². The number of rotatable bonds is 6. The molecule has 2 aromatic carbocycles. The highest BCUT2D eigenvalue weighted by Gasteiger charge is 2.46. The van der Waals surface area contributed by atoms with Gasteiger partial charge >= 0.3 is 0 Å². The van der Waals surface area contributed by atoms with Crippen LogP contribution < -0.4 is 4.74 Å². The number of aliphatic hydroxyl groups is 1. The molecule has 0 aliphatic carbocycles. The maximum Gasteiger partial charge on any atom is 0.296 e. The molecule has 1 aromatic heterocycles. The van der Waals surface area contributed by atoms with E-state index in [4.69, 9.17) is 20.8 Å². The number of ether oxygens (including phenoxy) is 1. The molecule has 1 fully saturated rings. The summed E-state index contributed by atoms with van der Waals surface area (Å²) in [5.74, 6) is -0.648. The van der Waals surface area contributed by atoms with Crippen LogP contribution in [-0.2, 0) is 16.1 Å². The molecule has 6 nitrogen and oxygen atoms in total. The first-order valence-corrected chi connectivity index (χ1v) is 10.2. The highest BCUT2D eigenvalue weighted by Crippen LogP contribution is 2.40. The maximum atomic E-state index is 13.0. The Kier molecular flexibility index (Phi) is 5.82. The maximum absolute atomic E-state index is 13.0. The summed E-state index contributed by atoms with van der Waals surface area (Å²) in [6, 6.07) is 16.2. The number of carbonyl (C=O) groups is 2. The molecule has 7 heteroatoms. The van der Waals surface area contributed by atoms with Crippen LogP contribution >= 0.6 is 11.6 Å². The number of furan rings is 1. The molecule has 0 radical (unpaired) electrons. The predicted molar refractivity (Wildman–Crippen MR) is 116 cm³/mol. The van der Waals surface area contributed by atoms with E-state index in [0.717, 1.165) is 0 Å². The van der Waals surface area contributed by atoms with E-state index in [1.54, 1.807) is 60.7 Å². The lowest BCUT2D eigenvalue weighted by Gasteiger charge is -2.24. The number of aliphatic hydroxyl groups excluding tert-OH is 1. The van der Waals surface area contributed by atoms with E-state index in [1.165, 1.54) is 11.2 Å². The van der Waals surface area contributed by atoms with Crippen molar-refractivity contribution in [2.75, 3.05) is 6.61 Å². The van der Waals surface area contributed by atoms with Crippen LogP contribution in [0.5, 0.6) is 5.75 Å². The zero-order valence-corrected chi connectivity index (χ0v) is 17.5. The summed E-state index contributed by atoms with van der Waals surface area (Å²) in [5, 5.41) is 11.6. The van der Waals surface area contributed by atoms with E-state index in [-0.39, 0.29) is 17.9 Å². The first-order chi connectivity index (χ1) is 15.0. The molecule has 4 rings (SSSR count). The quantitative estimate of drug-likeness (QED) is 0.335. The Morgan fingerprint density at radius 2 is 1.90 bits per heavy atom. The van der Waals surface area contributed by atoms with Crippen molar-refractivity contribution >= 4 is 29.1 Å². The fourth-order valence-electron chi connectivity index (χ4n) is 3.66. The minimum atomic E-state index is -0.793. The van der Waals surface area contributed by atoms with Crippen molar-refractivity contribution in [1.82, 2.24) is 4.90 Å². The van der Waals surface area contributed by atoms with Crippen molar-refractivity contribution < 1.29 is 23.8 Å². The van der Waals surface area contributed by atoms with Crippen molar-refractivity contribution in [3.8, 4) is 5.75 Å². The average molecular weight is 438 g/mol. The third kappa shape index (κ3) is 4.07. The van der Waals surface area contributed by atoms with Crippen LogP contribution in [0.1, 0.15) is 29.9 Å². The van der Waals surface area contributed by atoms with Crippen LogP contribution in [0.4, 0.5) is 0 Å². The largest absolute Gasteiger partial charge is 0.507 e. The van der Waals surface area contributed by atoms with Crippen molar-refractivity contribution in [3.63, 3.8) is 0 Å². The molecule has 2 heterocycles. The van der Waals surface area contributed by atoms with Crippen molar-refractivity contribution in [1.29, 1.82) is 0 Å². The smallest absolute Gasteiger partial charge is 0.296 e. The van der Waals surface area contributed by atoms with Crippen molar-refractivity contribution in [2.45, 2.75) is 19.5 Å². The van der Waals surface area contributed by atoms with E-state index in [0.29, 0.717) is 34.3 Å². The number of Topliss-reactive ketones (excluding diaryl/α,β-unsaturated/α-hetero) is 1. The van der Waals surface area contributed by atoms with Gasteiger partial charge in [-0.1, -0.05) is 35.9 Å².